The molecule has 1 aliphatic heterocycles. The van der Waals surface area contributed by atoms with Crippen LogP contribution in [0.5, 0.6) is 0 Å². The topological polar surface area (TPSA) is 86.7 Å². The lowest BCUT2D eigenvalue weighted by molar-refractivity contribution is -0.140. The first-order chi connectivity index (χ1) is 11.1. The van der Waals surface area contributed by atoms with Crippen LogP contribution in [0.15, 0.2) is 30.3 Å². The van der Waals surface area contributed by atoms with E-state index < -0.39 is 12.0 Å². The van der Waals surface area contributed by atoms with E-state index in [1.807, 2.05) is 30.3 Å². The molecule has 1 saturated heterocycles. The molecule has 1 fully saturated rings. The van der Waals surface area contributed by atoms with E-state index in [-0.39, 0.29) is 24.7 Å². The maximum atomic E-state index is 12.3. The number of carboxylic acids is 1. The van der Waals surface area contributed by atoms with Crippen molar-refractivity contribution < 1.29 is 19.5 Å². The van der Waals surface area contributed by atoms with Gasteiger partial charge in [0.15, 0.2) is 0 Å². The summed E-state index contributed by atoms with van der Waals surface area (Å²) >= 11 is 0. The molecule has 1 atom stereocenters. The van der Waals surface area contributed by atoms with Crippen LogP contribution >= 0.6 is 0 Å². The highest BCUT2D eigenvalue weighted by atomic mass is 16.4. The Morgan fingerprint density at radius 3 is 2.61 bits per heavy atom. The number of carbonyl (C=O) groups is 3. The molecule has 0 radical (unpaired) electrons. The van der Waals surface area contributed by atoms with Crippen molar-refractivity contribution in [1.82, 2.24) is 10.2 Å². The number of aliphatic carboxylic acids is 1. The van der Waals surface area contributed by atoms with E-state index >= 15 is 0 Å². The number of carbonyl (C=O) groups excluding carboxylic acids is 2. The SMILES string of the molecule is O=C(O)CCCCCNC1CC(=O)N(Cc2ccccc2)C1=O. The molecule has 0 bridgehead atoms. The van der Waals surface area contributed by atoms with Crippen molar-refractivity contribution in [3.05, 3.63) is 35.9 Å². The molecular weight excluding hydrogens is 296 g/mol. The predicted octanol–water partition coefficient (Wildman–Crippen LogP) is 1.55. The minimum atomic E-state index is -0.786. The lowest BCUT2D eigenvalue weighted by Gasteiger charge is -2.15. The fraction of sp³-hybridized carbons (Fsp3) is 0.471. The van der Waals surface area contributed by atoms with E-state index in [1.165, 1.54) is 4.90 Å². The van der Waals surface area contributed by atoms with Crippen LogP contribution in [0.3, 0.4) is 0 Å². The summed E-state index contributed by atoms with van der Waals surface area (Å²) < 4.78 is 0. The van der Waals surface area contributed by atoms with E-state index in [2.05, 4.69) is 5.32 Å². The van der Waals surface area contributed by atoms with Gasteiger partial charge in [-0.25, -0.2) is 0 Å². The minimum absolute atomic E-state index is 0.151. The van der Waals surface area contributed by atoms with Crippen LogP contribution < -0.4 is 5.32 Å². The lowest BCUT2D eigenvalue weighted by Crippen LogP contribution is -2.38. The fourth-order valence-corrected chi connectivity index (χ4v) is 2.63. The molecule has 0 aliphatic carbocycles. The summed E-state index contributed by atoms with van der Waals surface area (Å²) in [5, 5.41) is 11.7. The van der Waals surface area contributed by atoms with Crippen LogP contribution in [0.25, 0.3) is 0 Å². The predicted molar refractivity (Wildman–Crippen MR) is 84.5 cm³/mol. The molecule has 1 heterocycles. The van der Waals surface area contributed by atoms with Gasteiger partial charge in [-0.3, -0.25) is 19.3 Å². The molecule has 124 valence electrons. The molecule has 1 unspecified atom stereocenters. The molecule has 6 nitrogen and oxygen atoms in total. The zero-order valence-electron chi connectivity index (χ0n) is 13.0. The first kappa shape index (κ1) is 17.1. The van der Waals surface area contributed by atoms with Gasteiger partial charge in [-0.05, 0) is 24.9 Å². The fourth-order valence-electron chi connectivity index (χ4n) is 2.63. The zero-order chi connectivity index (χ0) is 16.7. The van der Waals surface area contributed by atoms with E-state index in [0.717, 1.165) is 18.4 Å². The second-order valence-electron chi connectivity index (χ2n) is 5.72. The molecule has 23 heavy (non-hydrogen) atoms. The van der Waals surface area contributed by atoms with Crippen LogP contribution in [0, 0.1) is 0 Å². The van der Waals surface area contributed by atoms with Gasteiger partial charge in [0.05, 0.1) is 19.0 Å². The molecule has 0 spiro atoms. The van der Waals surface area contributed by atoms with Crippen LogP contribution in [-0.4, -0.2) is 40.4 Å². The quantitative estimate of drug-likeness (QED) is 0.533. The Labute approximate surface area is 135 Å². The summed E-state index contributed by atoms with van der Waals surface area (Å²) in [6.45, 7) is 0.928. The van der Waals surface area contributed by atoms with Crippen LogP contribution in [-0.2, 0) is 20.9 Å². The Balaban J connectivity index is 1.74. The van der Waals surface area contributed by atoms with Crippen molar-refractivity contribution in [2.75, 3.05) is 6.54 Å². The van der Waals surface area contributed by atoms with Gasteiger partial charge in [-0.15, -0.1) is 0 Å². The summed E-state index contributed by atoms with van der Waals surface area (Å²) in [5.74, 6) is -1.11. The van der Waals surface area contributed by atoms with Gasteiger partial charge in [-0.2, -0.15) is 0 Å². The van der Waals surface area contributed by atoms with Crippen molar-refractivity contribution in [2.24, 2.45) is 0 Å². The lowest BCUT2D eigenvalue weighted by atomic mass is 10.2. The number of likely N-dealkylation sites (tertiary alicyclic amines) is 1. The number of hydrogen-bond donors (Lipinski definition) is 2. The van der Waals surface area contributed by atoms with Crippen LogP contribution in [0.2, 0.25) is 0 Å². The second-order valence-corrected chi connectivity index (χ2v) is 5.72. The largest absolute Gasteiger partial charge is 0.481 e. The molecule has 2 N–H and O–H groups in total. The molecule has 2 rings (SSSR count). The average Bonchev–Trinajstić information content (AvgIpc) is 2.79. The monoisotopic (exact) mass is 318 g/mol. The maximum absolute atomic E-state index is 12.3. The highest BCUT2D eigenvalue weighted by Gasteiger charge is 2.37. The summed E-state index contributed by atoms with van der Waals surface area (Å²) in [5.41, 5.74) is 0.934. The molecule has 1 aromatic carbocycles. The van der Waals surface area contributed by atoms with E-state index in [4.69, 9.17) is 5.11 Å². The van der Waals surface area contributed by atoms with Gasteiger partial charge in [0.2, 0.25) is 11.8 Å². The normalized spacial score (nSPS) is 17.7. The molecular formula is C17H22N2O4. The minimum Gasteiger partial charge on any atom is -0.481 e. The third-order valence-electron chi connectivity index (χ3n) is 3.89. The summed E-state index contributed by atoms with van der Waals surface area (Å²) in [6.07, 6.45) is 2.59. The van der Waals surface area contributed by atoms with Gasteiger partial charge in [-0.1, -0.05) is 36.8 Å². The van der Waals surface area contributed by atoms with Gasteiger partial charge >= 0.3 is 5.97 Å². The first-order valence-corrected chi connectivity index (χ1v) is 7.91. The third-order valence-corrected chi connectivity index (χ3v) is 3.89. The Kier molecular flexibility index (Phi) is 6.29. The zero-order valence-corrected chi connectivity index (χ0v) is 13.0. The van der Waals surface area contributed by atoms with Gasteiger partial charge in [0.25, 0.3) is 0 Å². The molecule has 6 heteroatoms. The van der Waals surface area contributed by atoms with Crippen molar-refractivity contribution in [3.8, 4) is 0 Å². The molecule has 1 aromatic rings. The number of nitrogens with one attached hydrogen (secondary N) is 1. The van der Waals surface area contributed by atoms with Gasteiger partial charge in [0, 0.05) is 6.42 Å². The van der Waals surface area contributed by atoms with Crippen molar-refractivity contribution in [3.63, 3.8) is 0 Å². The molecule has 1 aliphatic rings. The number of benzene rings is 1. The van der Waals surface area contributed by atoms with Crippen LogP contribution in [0.1, 0.15) is 37.7 Å². The van der Waals surface area contributed by atoms with E-state index in [9.17, 15) is 14.4 Å². The van der Waals surface area contributed by atoms with Gasteiger partial charge in [0.1, 0.15) is 0 Å². The first-order valence-electron chi connectivity index (χ1n) is 7.91. The Morgan fingerprint density at radius 1 is 1.17 bits per heavy atom. The number of rotatable bonds is 9. The van der Waals surface area contributed by atoms with Gasteiger partial charge < -0.3 is 10.4 Å². The molecule has 0 saturated carbocycles. The number of imide groups is 1. The van der Waals surface area contributed by atoms with Crippen LogP contribution in [0.4, 0.5) is 0 Å². The number of unbranched alkanes of at least 4 members (excludes halogenated alkanes) is 2. The maximum Gasteiger partial charge on any atom is 0.303 e. The highest BCUT2D eigenvalue weighted by Crippen LogP contribution is 2.16. The summed E-state index contributed by atoms with van der Waals surface area (Å²) in [6, 6.07) is 8.99. The standard InChI is InChI=1S/C17H22N2O4/c20-15-11-14(18-10-6-2-5-9-16(21)22)17(23)19(15)12-13-7-3-1-4-8-13/h1,3-4,7-8,14,18H,2,5-6,9-12H2,(H,21,22). The number of carboxylic acid groups (broad SMARTS) is 1. The smallest absolute Gasteiger partial charge is 0.303 e. The Morgan fingerprint density at radius 2 is 1.91 bits per heavy atom. The Hall–Kier alpha value is -2.21. The van der Waals surface area contributed by atoms with Crippen molar-refractivity contribution >= 4 is 17.8 Å². The average molecular weight is 318 g/mol. The number of nitrogens with zero attached hydrogens (tertiary/aromatic N) is 1. The number of amides is 2. The van der Waals surface area contributed by atoms with Crippen molar-refractivity contribution in [1.29, 1.82) is 0 Å². The molecule has 2 amide bonds. The van der Waals surface area contributed by atoms with E-state index in [1.54, 1.807) is 0 Å². The van der Waals surface area contributed by atoms with Crippen molar-refractivity contribution in [2.45, 2.75) is 44.7 Å². The number of hydrogen-bond acceptors (Lipinski definition) is 4. The summed E-state index contributed by atoms with van der Waals surface area (Å²) in [7, 11) is 0. The second kappa shape index (κ2) is 8.43. The highest BCUT2D eigenvalue weighted by molar-refractivity contribution is 6.05. The summed E-state index contributed by atoms with van der Waals surface area (Å²) in [4.78, 5) is 36.0. The Bertz CT molecular complexity index is 559. The van der Waals surface area contributed by atoms with E-state index in [0.29, 0.717) is 19.5 Å². The molecule has 0 aromatic heterocycles. The third kappa shape index (κ3) is 5.17.